The maximum Gasteiger partial charge on any atom is 0.123 e. The highest BCUT2D eigenvalue weighted by atomic mass is 19.1. The minimum absolute atomic E-state index is 0.159. The molecule has 3 heteroatoms. The van der Waals surface area contributed by atoms with Gasteiger partial charge in [0, 0.05) is 24.8 Å². The first kappa shape index (κ1) is 15.0. The van der Waals surface area contributed by atoms with Gasteiger partial charge in [0.15, 0.2) is 0 Å². The van der Waals surface area contributed by atoms with Crippen LogP contribution in [0.2, 0.25) is 0 Å². The molecule has 1 atom stereocenters. The van der Waals surface area contributed by atoms with Gasteiger partial charge >= 0.3 is 0 Å². The van der Waals surface area contributed by atoms with E-state index in [0.29, 0.717) is 0 Å². The Morgan fingerprint density at radius 1 is 1.33 bits per heavy atom. The summed E-state index contributed by atoms with van der Waals surface area (Å²) in [5.74, 6) is -0.164. The molecule has 0 saturated heterocycles. The zero-order valence-corrected chi connectivity index (χ0v) is 12.0. The van der Waals surface area contributed by atoms with Gasteiger partial charge in [0.2, 0.25) is 0 Å². The number of halogens is 1. The monoisotopic (exact) mass is 252 g/mol. The van der Waals surface area contributed by atoms with E-state index in [1.165, 1.54) is 12.8 Å². The fraction of sp³-hybridized carbons (Fsp3) is 0.600. The Labute approximate surface area is 110 Å². The predicted octanol–water partition coefficient (Wildman–Crippen LogP) is 3.73. The van der Waals surface area contributed by atoms with Crippen LogP contribution in [0, 0.1) is 5.82 Å². The van der Waals surface area contributed by atoms with E-state index >= 15 is 0 Å². The van der Waals surface area contributed by atoms with Gasteiger partial charge in [-0.15, -0.1) is 0 Å². The zero-order chi connectivity index (χ0) is 13.5. The molecule has 0 heterocycles. The Morgan fingerprint density at radius 3 is 2.61 bits per heavy atom. The second-order valence-electron chi connectivity index (χ2n) is 4.65. The molecule has 0 aliphatic rings. The first-order chi connectivity index (χ1) is 8.63. The molecule has 1 aromatic rings. The summed E-state index contributed by atoms with van der Waals surface area (Å²) < 4.78 is 13.4. The van der Waals surface area contributed by atoms with Crippen LogP contribution in [-0.2, 0) is 0 Å². The summed E-state index contributed by atoms with van der Waals surface area (Å²) in [6.07, 6.45) is 2.34. The van der Waals surface area contributed by atoms with Crippen LogP contribution in [0.25, 0.3) is 0 Å². The van der Waals surface area contributed by atoms with Crippen molar-refractivity contribution in [2.24, 2.45) is 0 Å². The molecule has 0 spiro atoms. The quantitative estimate of drug-likeness (QED) is 0.795. The van der Waals surface area contributed by atoms with Crippen LogP contribution in [0.15, 0.2) is 18.2 Å². The summed E-state index contributed by atoms with van der Waals surface area (Å²) in [6.45, 7) is 8.38. The van der Waals surface area contributed by atoms with Crippen LogP contribution >= 0.6 is 0 Å². The van der Waals surface area contributed by atoms with Crippen LogP contribution in [0.4, 0.5) is 10.1 Å². The van der Waals surface area contributed by atoms with Crippen LogP contribution in [0.5, 0.6) is 0 Å². The number of hydrogen-bond acceptors (Lipinski definition) is 2. The Balaban J connectivity index is 3.04. The lowest BCUT2D eigenvalue weighted by Crippen LogP contribution is -2.27. The summed E-state index contributed by atoms with van der Waals surface area (Å²) in [7, 11) is 1.90. The van der Waals surface area contributed by atoms with E-state index < -0.39 is 0 Å². The van der Waals surface area contributed by atoms with Crippen molar-refractivity contribution in [2.75, 3.05) is 25.0 Å². The molecule has 0 aliphatic carbocycles. The number of nitrogens with one attached hydrogen (secondary N) is 1. The van der Waals surface area contributed by atoms with E-state index in [2.05, 4.69) is 31.0 Å². The first-order valence-corrected chi connectivity index (χ1v) is 6.85. The van der Waals surface area contributed by atoms with E-state index in [4.69, 9.17) is 0 Å². The van der Waals surface area contributed by atoms with Gasteiger partial charge < -0.3 is 10.2 Å². The summed E-state index contributed by atoms with van der Waals surface area (Å²) >= 11 is 0. The topological polar surface area (TPSA) is 15.3 Å². The molecule has 0 radical (unpaired) electrons. The van der Waals surface area contributed by atoms with Crippen molar-refractivity contribution >= 4 is 5.69 Å². The van der Waals surface area contributed by atoms with E-state index in [0.717, 1.165) is 24.3 Å². The summed E-state index contributed by atoms with van der Waals surface area (Å²) in [5.41, 5.74) is 2.18. The highest BCUT2D eigenvalue weighted by molar-refractivity contribution is 5.55. The van der Waals surface area contributed by atoms with Crippen molar-refractivity contribution in [1.29, 1.82) is 0 Å². The second kappa shape index (κ2) is 7.37. The standard InChI is InChI=1S/C15H25FN2/c1-5-7-10-18(6-2)15-9-8-13(16)11-14(15)12(3)17-4/h8-9,11-12,17H,5-7,10H2,1-4H3. The molecule has 0 fully saturated rings. The average Bonchev–Trinajstić information content (AvgIpc) is 2.39. The third-order valence-corrected chi connectivity index (χ3v) is 3.39. The summed E-state index contributed by atoms with van der Waals surface area (Å²) in [6, 6.07) is 5.25. The molecule has 102 valence electrons. The third kappa shape index (κ3) is 3.70. The van der Waals surface area contributed by atoms with Crippen molar-refractivity contribution in [3.63, 3.8) is 0 Å². The second-order valence-corrected chi connectivity index (χ2v) is 4.65. The molecule has 0 saturated carbocycles. The smallest absolute Gasteiger partial charge is 0.123 e. The lowest BCUT2D eigenvalue weighted by Gasteiger charge is -2.27. The summed E-state index contributed by atoms with van der Waals surface area (Å²) in [4.78, 5) is 2.33. The molecular weight excluding hydrogens is 227 g/mol. The van der Waals surface area contributed by atoms with Crippen molar-refractivity contribution in [3.05, 3.63) is 29.6 Å². The number of nitrogens with zero attached hydrogens (tertiary/aromatic N) is 1. The van der Waals surface area contributed by atoms with Crippen LogP contribution in [0.3, 0.4) is 0 Å². The van der Waals surface area contributed by atoms with Gasteiger partial charge in [0.1, 0.15) is 5.82 Å². The van der Waals surface area contributed by atoms with Crippen LogP contribution in [0.1, 0.15) is 45.2 Å². The molecule has 1 unspecified atom stereocenters. The van der Waals surface area contributed by atoms with E-state index in [1.54, 1.807) is 12.1 Å². The van der Waals surface area contributed by atoms with Crippen molar-refractivity contribution < 1.29 is 4.39 Å². The Morgan fingerprint density at radius 2 is 2.06 bits per heavy atom. The zero-order valence-electron chi connectivity index (χ0n) is 12.0. The minimum Gasteiger partial charge on any atom is -0.372 e. The number of rotatable bonds is 7. The average molecular weight is 252 g/mol. The Kier molecular flexibility index (Phi) is 6.13. The first-order valence-electron chi connectivity index (χ1n) is 6.85. The number of anilines is 1. The highest BCUT2D eigenvalue weighted by Crippen LogP contribution is 2.27. The lowest BCUT2D eigenvalue weighted by atomic mass is 10.0. The van der Waals surface area contributed by atoms with Gasteiger partial charge in [-0.25, -0.2) is 4.39 Å². The van der Waals surface area contributed by atoms with Crippen molar-refractivity contribution in [2.45, 2.75) is 39.7 Å². The fourth-order valence-corrected chi connectivity index (χ4v) is 2.11. The van der Waals surface area contributed by atoms with Crippen molar-refractivity contribution in [3.8, 4) is 0 Å². The summed E-state index contributed by atoms with van der Waals surface area (Å²) in [5, 5.41) is 3.19. The van der Waals surface area contributed by atoms with Crippen molar-refractivity contribution in [1.82, 2.24) is 5.32 Å². The molecule has 2 nitrogen and oxygen atoms in total. The SMILES string of the molecule is CCCCN(CC)c1ccc(F)cc1C(C)NC. The normalized spacial score (nSPS) is 12.5. The molecule has 0 aliphatic heterocycles. The third-order valence-electron chi connectivity index (χ3n) is 3.39. The lowest BCUT2D eigenvalue weighted by molar-refractivity contribution is 0.605. The molecular formula is C15H25FN2. The molecule has 0 bridgehead atoms. The Hall–Kier alpha value is -1.09. The largest absolute Gasteiger partial charge is 0.372 e. The molecule has 0 aromatic heterocycles. The van der Waals surface area contributed by atoms with Gasteiger partial charge in [-0.3, -0.25) is 0 Å². The molecule has 0 amide bonds. The predicted molar refractivity (Wildman–Crippen MR) is 76.7 cm³/mol. The molecule has 1 rings (SSSR count). The fourth-order valence-electron chi connectivity index (χ4n) is 2.11. The molecule has 1 aromatic carbocycles. The van der Waals surface area contributed by atoms with E-state index in [-0.39, 0.29) is 11.9 Å². The molecule has 1 N–H and O–H groups in total. The number of unbranched alkanes of at least 4 members (excludes halogenated alkanes) is 1. The maximum atomic E-state index is 13.4. The van der Waals surface area contributed by atoms with Gasteiger partial charge in [-0.1, -0.05) is 13.3 Å². The number of benzene rings is 1. The van der Waals surface area contributed by atoms with Crippen LogP contribution < -0.4 is 10.2 Å². The maximum absolute atomic E-state index is 13.4. The number of hydrogen-bond donors (Lipinski definition) is 1. The van der Waals surface area contributed by atoms with Gasteiger partial charge in [-0.2, -0.15) is 0 Å². The van der Waals surface area contributed by atoms with E-state index in [9.17, 15) is 4.39 Å². The van der Waals surface area contributed by atoms with Gasteiger partial charge in [0.25, 0.3) is 0 Å². The Bertz CT molecular complexity index is 366. The van der Waals surface area contributed by atoms with Gasteiger partial charge in [-0.05, 0) is 51.1 Å². The minimum atomic E-state index is -0.164. The van der Waals surface area contributed by atoms with Gasteiger partial charge in [0.05, 0.1) is 0 Å². The molecule has 18 heavy (non-hydrogen) atoms. The van der Waals surface area contributed by atoms with E-state index in [1.807, 2.05) is 13.1 Å². The van der Waals surface area contributed by atoms with Crippen LogP contribution in [-0.4, -0.2) is 20.1 Å². The highest BCUT2D eigenvalue weighted by Gasteiger charge is 2.14.